The zero-order valence-corrected chi connectivity index (χ0v) is 13.9. The number of benzene rings is 1. The molecule has 1 N–H and O–H groups in total. The standard InChI is InChI=1S/C18H23NO5/c1-23-16-11-12(8-9-15(16)24-13-5-2-3-6-13)17(20)19-10-4-7-14(19)18(21)22/h8-9,11,13-14H,2-7,10H2,1H3,(H,21,22)/t14-/m0/s1. The monoisotopic (exact) mass is 333 g/mol. The Morgan fingerprint density at radius 2 is 1.88 bits per heavy atom. The second-order valence-electron chi connectivity index (χ2n) is 6.38. The average Bonchev–Trinajstić information content (AvgIpc) is 3.26. The van der Waals surface area contributed by atoms with Gasteiger partial charge in [-0.1, -0.05) is 0 Å². The van der Waals surface area contributed by atoms with E-state index in [4.69, 9.17) is 9.47 Å². The van der Waals surface area contributed by atoms with Gasteiger partial charge < -0.3 is 19.5 Å². The van der Waals surface area contributed by atoms with Crippen LogP contribution in [0, 0.1) is 0 Å². The van der Waals surface area contributed by atoms with Crippen molar-refractivity contribution in [1.82, 2.24) is 4.90 Å². The molecule has 3 rings (SSSR count). The minimum absolute atomic E-state index is 0.204. The molecule has 1 amide bonds. The fourth-order valence-corrected chi connectivity index (χ4v) is 3.52. The van der Waals surface area contributed by atoms with Crippen molar-refractivity contribution in [1.29, 1.82) is 0 Å². The van der Waals surface area contributed by atoms with Gasteiger partial charge in [0.25, 0.3) is 5.91 Å². The number of nitrogens with zero attached hydrogens (tertiary/aromatic N) is 1. The molecular weight excluding hydrogens is 310 g/mol. The van der Waals surface area contributed by atoms with Gasteiger partial charge in [-0.05, 0) is 56.7 Å². The Morgan fingerprint density at radius 1 is 1.12 bits per heavy atom. The summed E-state index contributed by atoms with van der Waals surface area (Å²) in [4.78, 5) is 25.4. The number of likely N-dealkylation sites (tertiary alicyclic amines) is 1. The quantitative estimate of drug-likeness (QED) is 0.896. The van der Waals surface area contributed by atoms with Crippen LogP contribution in [-0.2, 0) is 4.79 Å². The molecule has 0 unspecified atom stereocenters. The number of aliphatic carboxylic acids is 1. The largest absolute Gasteiger partial charge is 0.493 e. The molecule has 1 heterocycles. The van der Waals surface area contributed by atoms with E-state index in [1.54, 1.807) is 25.3 Å². The van der Waals surface area contributed by atoms with Crippen molar-refractivity contribution in [2.24, 2.45) is 0 Å². The number of carbonyl (C=O) groups is 2. The normalized spacial score (nSPS) is 21.0. The Morgan fingerprint density at radius 3 is 2.54 bits per heavy atom. The van der Waals surface area contributed by atoms with Crippen molar-refractivity contribution in [2.75, 3.05) is 13.7 Å². The Balaban J connectivity index is 1.78. The smallest absolute Gasteiger partial charge is 0.326 e. The lowest BCUT2D eigenvalue weighted by Crippen LogP contribution is -2.40. The third-order valence-electron chi connectivity index (χ3n) is 4.81. The fourth-order valence-electron chi connectivity index (χ4n) is 3.52. The van der Waals surface area contributed by atoms with Crippen LogP contribution in [0.3, 0.4) is 0 Å². The molecule has 6 heteroatoms. The summed E-state index contributed by atoms with van der Waals surface area (Å²) >= 11 is 0. The maximum absolute atomic E-state index is 12.7. The van der Waals surface area contributed by atoms with Crippen LogP contribution >= 0.6 is 0 Å². The Bertz CT molecular complexity index is 624. The van der Waals surface area contributed by atoms with E-state index in [0.29, 0.717) is 36.4 Å². The molecule has 0 aromatic heterocycles. The molecule has 1 aliphatic heterocycles. The Hall–Kier alpha value is -2.24. The first-order valence-corrected chi connectivity index (χ1v) is 8.48. The van der Waals surface area contributed by atoms with Crippen molar-refractivity contribution in [3.63, 3.8) is 0 Å². The van der Waals surface area contributed by atoms with Crippen LogP contribution in [0.4, 0.5) is 0 Å². The predicted octanol–water partition coefficient (Wildman–Crippen LogP) is 2.71. The van der Waals surface area contributed by atoms with Crippen LogP contribution in [0.25, 0.3) is 0 Å². The van der Waals surface area contributed by atoms with Crippen LogP contribution in [0.15, 0.2) is 18.2 Å². The number of carboxylic acid groups (broad SMARTS) is 1. The second kappa shape index (κ2) is 7.11. The number of ether oxygens (including phenoxy) is 2. The molecule has 2 aliphatic rings. The zero-order valence-electron chi connectivity index (χ0n) is 13.9. The first-order chi connectivity index (χ1) is 11.6. The van der Waals surface area contributed by atoms with Gasteiger partial charge in [0.15, 0.2) is 11.5 Å². The molecule has 1 saturated carbocycles. The molecular formula is C18H23NO5. The van der Waals surface area contributed by atoms with Gasteiger partial charge in [-0.25, -0.2) is 4.79 Å². The number of carboxylic acids is 1. The SMILES string of the molecule is COc1cc(C(=O)N2CCC[C@H]2C(=O)O)ccc1OC1CCCC1. The summed E-state index contributed by atoms with van der Waals surface area (Å²) in [5, 5.41) is 9.25. The summed E-state index contributed by atoms with van der Waals surface area (Å²) in [6.07, 6.45) is 5.85. The molecule has 1 atom stereocenters. The maximum atomic E-state index is 12.7. The highest BCUT2D eigenvalue weighted by molar-refractivity contribution is 5.97. The van der Waals surface area contributed by atoms with Crippen LogP contribution in [0.1, 0.15) is 48.9 Å². The van der Waals surface area contributed by atoms with Crippen molar-refractivity contribution in [3.8, 4) is 11.5 Å². The molecule has 1 aromatic carbocycles. The summed E-state index contributed by atoms with van der Waals surface area (Å²) < 4.78 is 11.3. The van der Waals surface area contributed by atoms with Gasteiger partial charge in [0.05, 0.1) is 13.2 Å². The highest BCUT2D eigenvalue weighted by Gasteiger charge is 2.34. The van der Waals surface area contributed by atoms with Gasteiger partial charge in [-0.2, -0.15) is 0 Å². The molecule has 24 heavy (non-hydrogen) atoms. The molecule has 0 spiro atoms. The molecule has 0 radical (unpaired) electrons. The first kappa shape index (κ1) is 16.6. The van der Waals surface area contributed by atoms with Crippen LogP contribution in [0.5, 0.6) is 11.5 Å². The Kier molecular flexibility index (Phi) is 4.92. The van der Waals surface area contributed by atoms with E-state index in [1.807, 2.05) is 0 Å². The van der Waals surface area contributed by atoms with E-state index in [0.717, 1.165) is 12.8 Å². The van der Waals surface area contributed by atoms with E-state index in [2.05, 4.69) is 0 Å². The third kappa shape index (κ3) is 3.32. The molecule has 6 nitrogen and oxygen atoms in total. The number of methoxy groups -OCH3 is 1. The van der Waals surface area contributed by atoms with E-state index >= 15 is 0 Å². The highest BCUT2D eigenvalue weighted by atomic mass is 16.5. The highest BCUT2D eigenvalue weighted by Crippen LogP contribution is 2.33. The van der Waals surface area contributed by atoms with E-state index in [1.165, 1.54) is 17.7 Å². The number of rotatable bonds is 5. The lowest BCUT2D eigenvalue weighted by molar-refractivity contribution is -0.141. The van der Waals surface area contributed by atoms with Gasteiger partial charge in [0, 0.05) is 12.1 Å². The minimum atomic E-state index is -0.950. The number of amides is 1. The summed E-state index contributed by atoms with van der Waals surface area (Å²) in [6, 6.07) is 4.34. The first-order valence-electron chi connectivity index (χ1n) is 8.48. The van der Waals surface area contributed by atoms with Crippen molar-refractivity contribution in [2.45, 2.75) is 50.7 Å². The minimum Gasteiger partial charge on any atom is -0.493 e. The van der Waals surface area contributed by atoms with Crippen LogP contribution in [-0.4, -0.2) is 47.7 Å². The molecule has 0 bridgehead atoms. The molecule has 1 saturated heterocycles. The van der Waals surface area contributed by atoms with E-state index in [-0.39, 0.29) is 12.0 Å². The van der Waals surface area contributed by atoms with Crippen LogP contribution in [0.2, 0.25) is 0 Å². The molecule has 130 valence electrons. The second-order valence-corrected chi connectivity index (χ2v) is 6.38. The molecule has 2 fully saturated rings. The lowest BCUT2D eigenvalue weighted by Gasteiger charge is -2.22. The predicted molar refractivity (Wildman–Crippen MR) is 87.6 cm³/mol. The lowest BCUT2D eigenvalue weighted by atomic mass is 10.1. The van der Waals surface area contributed by atoms with Gasteiger partial charge in [-0.3, -0.25) is 4.79 Å². The van der Waals surface area contributed by atoms with Crippen molar-refractivity contribution in [3.05, 3.63) is 23.8 Å². The summed E-state index contributed by atoms with van der Waals surface area (Å²) in [5.41, 5.74) is 0.429. The summed E-state index contributed by atoms with van der Waals surface area (Å²) in [5.74, 6) is -0.0735. The summed E-state index contributed by atoms with van der Waals surface area (Å²) in [7, 11) is 1.54. The zero-order chi connectivity index (χ0) is 17.1. The van der Waals surface area contributed by atoms with Gasteiger partial charge in [-0.15, -0.1) is 0 Å². The van der Waals surface area contributed by atoms with Gasteiger partial charge in [0.1, 0.15) is 6.04 Å². The van der Waals surface area contributed by atoms with Crippen molar-refractivity contribution >= 4 is 11.9 Å². The number of carbonyl (C=O) groups excluding carboxylic acids is 1. The van der Waals surface area contributed by atoms with E-state index < -0.39 is 12.0 Å². The fraction of sp³-hybridized carbons (Fsp3) is 0.556. The topological polar surface area (TPSA) is 76.1 Å². The number of hydrogen-bond donors (Lipinski definition) is 1. The molecule has 1 aliphatic carbocycles. The maximum Gasteiger partial charge on any atom is 0.326 e. The van der Waals surface area contributed by atoms with Crippen molar-refractivity contribution < 1.29 is 24.2 Å². The molecule has 1 aromatic rings. The Labute approximate surface area is 141 Å². The number of hydrogen-bond acceptors (Lipinski definition) is 4. The van der Waals surface area contributed by atoms with Gasteiger partial charge in [0.2, 0.25) is 0 Å². The average molecular weight is 333 g/mol. The summed E-state index contributed by atoms with van der Waals surface area (Å²) in [6.45, 7) is 0.471. The van der Waals surface area contributed by atoms with Crippen LogP contribution < -0.4 is 9.47 Å². The van der Waals surface area contributed by atoms with E-state index in [9.17, 15) is 14.7 Å². The third-order valence-corrected chi connectivity index (χ3v) is 4.81. The van der Waals surface area contributed by atoms with Gasteiger partial charge >= 0.3 is 5.97 Å².